The van der Waals surface area contributed by atoms with Gasteiger partial charge in [0.15, 0.2) is 0 Å². The van der Waals surface area contributed by atoms with Crippen LogP contribution in [0.2, 0.25) is 0 Å². The second-order valence-electron chi connectivity index (χ2n) is 3.56. The zero-order valence-electron chi connectivity index (χ0n) is 8.56. The van der Waals surface area contributed by atoms with E-state index in [1.165, 1.54) is 0 Å². The van der Waals surface area contributed by atoms with Crippen molar-refractivity contribution in [2.45, 2.75) is 39.2 Å². The Hall–Kier alpha value is -0.920. The molecular weight excluding hydrogens is 158 g/mol. The van der Waals surface area contributed by atoms with Gasteiger partial charge in [-0.3, -0.25) is 4.90 Å². The van der Waals surface area contributed by atoms with Gasteiger partial charge in [0.1, 0.15) is 0 Å². The molecule has 1 aliphatic heterocycles. The minimum atomic E-state index is 0.544. The van der Waals surface area contributed by atoms with Crippen molar-refractivity contribution >= 4 is 0 Å². The van der Waals surface area contributed by atoms with E-state index in [9.17, 15) is 0 Å². The Morgan fingerprint density at radius 1 is 0.923 bits per heavy atom. The van der Waals surface area contributed by atoms with Crippen LogP contribution in [0.4, 0.5) is 0 Å². The van der Waals surface area contributed by atoms with Gasteiger partial charge in [0.2, 0.25) is 0 Å². The number of rotatable bonds is 1. The first kappa shape index (κ1) is 10.2. The van der Waals surface area contributed by atoms with Crippen molar-refractivity contribution in [3.8, 4) is 23.7 Å². The molecule has 13 heavy (non-hydrogen) atoms. The largest absolute Gasteiger partial charge is 0.279 e. The van der Waals surface area contributed by atoms with E-state index < -0.39 is 0 Å². The van der Waals surface area contributed by atoms with Crippen molar-refractivity contribution in [2.75, 3.05) is 13.1 Å². The van der Waals surface area contributed by atoms with Crippen LogP contribution in [0.3, 0.4) is 0 Å². The van der Waals surface area contributed by atoms with Crippen LogP contribution in [0.5, 0.6) is 0 Å². The molecule has 0 aromatic carbocycles. The van der Waals surface area contributed by atoms with Gasteiger partial charge in [-0.25, -0.2) is 0 Å². The summed E-state index contributed by atoms with van der Waals surface area (Å²) in [6, 6.07) is 0.544. The van der Waals surface area contributed by atoms with E-state index in [1.807, 2.05) is 0 Å². The van der Waals surface area contributed by atoms with E-state index in [0.29, 0.717) is 6.04 Å². The lowest BCUT2D eigenvalue weighted by atomic mass is 10.2. The highest BCUT2D eigenvalue weighted by molar-refractivity contribution is 5.08. The summed E-state index contributed by atoms with van der Waals surface area (Å²) in [5.41, 5.74) is 0. The molecule has 0 spiro atoms. The molecule has 0 aromatic heterocycles. The highest BCUT2D eigenvalue weighted by atomic mass is 15.1. The number of hydrogen-bond acceptors (Lipinski definition) is 1. The molecule has 0 atom stereocenters. The quantitative estimate of drug-likeness (QED) is 0.550. The smallest absolute Gasteiger partial charge is 0.0612 e. The van der Waals surface area contributed by atoms with E-state index >= 15 is 0 Å². The molecule has 0 aromatic rings. The molecule has 0 saturated heterocycles. The second-order valence-corrected chi connectivity index (χ2v) is 3.56. The SMILES string of the molecule is CC(C)N1CC#CCCCC#CC1. The van der Waals surface area contributed by atoms with Gasteiger partial charge in [-0.15, -0.1) is 11.8 Å². The molecule has 0 N–H and O–H groups in total. The molecular formula is C12H17N. The average Bonchev–Trinajstić information content (AvgIpc) is 2.14. The van der Waals surface area contributed by atoms with Crippen LogP contribution in [-0.2, 0) is 0 Å². The molecule has 70 valence electrons. The normalized spacial score (nSPS) is 18.4. The fourth-order valence-corrected chi connectivity index (χ4v) is 1.18. The van der Waals surface area contributed by atoms with E-state index in [4.69, 9.17) is 0 Å². The van der Waals surface area contributed by atoms with Crippen LogP contribution in [0, 0.1) is 23.7 Å². The topological polar surface area (TPSA) is 3.24 Å². The minimum Gasteiger partial charge on any atom is -0.279 e. The van der Waals surface area contributed by atoms with E-state index in [1.54, 1.807) is 0 Å². The van der Waals surface area contributed by atoms with Crippen molar-refractivity contribution in [1.29, 1.82) is 0 Å². The summed E-state index contributed by atoms with van der Waals surface area (Å²) in [5.74, 6) is 12.8. The lowest BCUT2D eigenvalue weighted by Crippen LogP contribution is -2.31. The average molecular weight is 175 g/mol. The van der Waals surface area contributed by atoms with E-state index in [2.05, 4.69) is 42.4 Å². The molecule has 1 aliphatic rings. The molecule has 1 heterocycles. The first-order valence-corrected chi connectivity index (χ1v) is 4.96. The van der Waals surface area contributed by atoms with Gasteiger partial charge in [0.05, 0.1) is 13.1 Å². The summed E-state index contributed by atoms with van der Waals surface area (Å²) in [6.45, 7) is 6.11. The monoisotopic (exact) mass is 175 g/mol. The standard InChI is InChI=1S/C12H17N/c1-12(2)13-10-8-6-4-3-5-7-9-11-13/h12H,3-5,10-11H2,1-2H3. The maximum Gasteiger partial charge on any atom is 0.0612 e. The summed E-state index contributed by atoms with van der Waals surface area (Å²) in [7, 11) is 0. The van der Waals surface area contributed by atoms with Crippen molar-refractivity contribution in [1.82, 2.24) is 4.90 Å². The fraction of sp³-hybridized carbons (Fsp3) is 0.667. The maximum atomic E-state index is 3.19. The molecule has 0 aliphatic carbocycles. The Kier molecular flexibility index (Phi) is 4.44. The zero-order valence-corrected chi connectivity index (χ0v) is 8.56. The van der Waals surface area contributed by atoms with Crippen molar-refractivity contribution < 1.29 is 0 Å². The predicted molar refractivity (Wildman–Crippen MR) is 56.1 cm³/mol. The summed E-state index contributed by atoms with van der Waals surface area (Å²) in [4.78, 5) is 2.30. The molecule has 0 amide bonds. The second kappa shape index (κ2) is 5.68. The van der Waals surface area contributed by atoms with Gasteiger partial charge in [-0.2, -0.15) is 0 Å². The Bertz CT molecular complexity index is 232. The van der Waals surface area contributed by atoms with Gasteiger partial charge in [-0.05, 0) is 20.3 Å². The van der Waals surface area contributed by atoms with Crippen LogP contribution in [-0.4, -0.2) is 24.0 Å². The van der Waals surface area contributed by atoms with Crippen molar-refractivity contribution in [2.24, 2.45) is 0 Å². The van der Waals surface area contributed by atoms with Gasteiger partial charge in [0.25, 0.3) is 0 Å². The third-order valence-electron chi connectivity index (χ3n) is 2.15. The van der Waals surface area contributed by atoms with Gasteiger partial charge < -0.3 is 0 Å². The van der Waals surface area contributed by atoms with Crippen molar-refractivity contribution in [3.05, 3.63) is 0 Å². The molecule has 0 radical (unpaired) electrons. The highest BCUT2D eigenvalue weighted by Gasteiger charge is 2.05. The molecule has 0 unspecified atom stereocenters. The summed E-state index contributed by atoms with van der Waals surface area (Å²) in [6.07, 6.45) is 3.13. The Morgan fingerprint density at radius 2 is 1.46 bits per heavy atom. The Labute approximate surface area is 81.5 Å². The Balaban J connectivity index is 2.53. The van der Waals surface area contributed by atoms with Gasteiger partial charge in [-0.1, -0.05) is 11.8 Å². The zero-order chi connectivity index (χ0) is 9.52. The minimum absolute atomic E-state index is 0.544. The van der Waals surface area contributed by atoms with E-state index in [0.717, 1.165) is 32.4 Å². The third-order valence-corrected chi connectivity index (χ3v) is 2.15. The fourth-order valence-electron chi connectivity index (χ4n) is 1.18. The van der Waals surface area contributed by atoms with Gasteiger partial charge >= 0.3 is 0 Å². The predicted octanol–water partition coefficient (Wildman–Crippen LogP) is 1.89. The molecule has 0 bridgehead atoms. The molecule has 1 heteroatoms. The Morgan fingerprint density at radius 3 is 1.92 bits per heavy atom. The van der Waals surface area contributed by atoms with Gasteiger partial charge in [0, 0.05) is 18.9 Å². The summed E-state index contributed by atoms with van der Waals surface area (Å²) < 4.78 is 0. The van der Waals surface area contributed by atoms with E-state index in [-0.39, 0.29) is 0 Å². The first-order valence-electron chi connectivity index (χ1n) is 4.96. The maximum absolute atomic E-state index is 3.19. The van der Waals surface area contributed by atoms with Crippen LogP contribution >= 0.6 is 0 Å². The first-order chi connectivity index (χ1) is 6.30. The third kappa shape index (κ3) is 4.02. The molecule has 0 fully saturated rings. The molecule has 1 nitrogen and oxygen atoms in total. The summed E-state index contributed by atoms with van der Waals surface area (Å²) in [5, 5.41) is 0. The lowest BCUT2D eigenvalue weighted by molar-refractivity contribution is 0.281. The lowest BCUT2D eigenvalue weighted by Gasteiger charge is -2.21. The molecule has 0 saturated carbocycles. The van der Waals surface area contributed by atoms with Crippen LogP contribution in [0.15, 0.2) is 0 Å². The van der Waals surface area contributed by atoms with Crippen LogP contribution < -0.4 is 0 Å². The molecule has 1 rings (SSSR count). The highest BCUT2D eigenvalue weighted by Crippen LogP contribution is 1.98. The summed E-state index contributed by atoms with van der Waals surface area (Å²) >= 11 is 0. The van der Waals surface area contributed by atoms with Crippen LogP contribution in [0.1, 0.15) is 33.1 Å². The number of nitrogens with zero attached hydrogens (tertiary/aromatic N) is 1. The number of hydrogen-bond donors (Lipinski definition) is 0. The van der Waals surface area contributed by atoms with Crippen molar-refractivity contribution in [3.63, 3.8) is 0 Å². The van der Waals surface area contributed by atoms with Crippen LogP contribution in [0.25, 0.3) is 0 Å².